The third-order valence-electron chi connectivity index (χ3n) is 3.57. The Morgan fingerprint density at radius 1 is 1.38 bits per heavy atom. The molecule has 3 rings (SSSR count). The lowest BCUT2D eigenvalue weighted by molar-refractivity contribution is -0.384. The van der Waals surface area contributed by atoms with Crippen molar-refractivity contribution in [2.24, 2.45) is 0 Å². The Morgan fingerprint density at radius 3 is 2.90 bits per heavy atom. The molecule has 0 saturated carbocycles. The number of carbonyl (C=O) groups is 1. The van der Waals surface area contributed by atoms with Crippen LogP contribution >= 0.6 is 0 Å². The molecule has 108 valence electrons. The number of amides is 1. The van der Waals surface area contributed by atoms with Crippen LogP contribution in [0.3, 0.4) is 0 Å². The number of nitro groups is 1. The van der Waals surface area contributed by atoms with E-state index >= 15 is 0 Å². The molecule has 1 unspecified atom stereocenters. The number of anilines is 1. The van der Waals surface area contributed by atoms with Crippen molar-refractivity contribution in [1.29, 1.82) is 0 Å². The van der Waals surface area contributed by atoms with Gasteiger partial charge in [0, 0.05) is 24.4 Å². The van der Waals surface area contributed by atoms with Gasteiger partial charge in [-0.25, -0.2) is 4.98 Å². The number of para-hydroxylation sites is 1. The molecule has 7 heteroatoms. The van der Waals surface area contributed by atoms with E-state index in [0.717, 1.165) is 0 Å². The average molecular weight is 286 g/mol. The van der Waals surface area contributed by atoms with Crippen LogP contribution < -0.4 is 10.6 Å². The van der Waals surface area contributed by atoms with Crippen LogP contribution in [-0.2, 0) is 4.79 Å². The second-order valence-corrected chi connectivity index (χ2v) is 4.98. The topological polar surface area (TPSA) is 97.2 Å². The molecular formula is C14H14N4O3. The first-order valence-electron chi connectivity index (χ1n) is 6.70. The predicted octanol–water partition coefficient (Wildman–Crippen LogP) is 1.83. The van der Waals surface area contributed by atoms with Crippen molar-refractivity contribution in [3.8, 4) is 0 Å². The van der Waals surface area contributed by atoms with Crippen LogP contribution in [0.1, 0.15) is 12.8 Å². The molecule has 21 heavy (non-hydrogen) atoms. The number of rotatable bonds is 3. The standard InChI is InChI=1S/C14H14N4O3/c19-13-6-5-9(7-16-13)17-14-10-3-1-2-4-11(10)15-8-12(14)18(20)21/h1-4,8-9H,5-7H2,(H,15,17)(H,16,19). The normalized spacial score (nSPS) is 18.3. The van der Waals surface area contributed by atoms with Crippen LogP contribution in [-0.4, -0.2) is 28.4 Å². The molecule has 0 aliphatic carbocycles. The molecule has 1 aromatic heterocycles. The monoisotopic (exact) mass is 286 g/mol. The number of pyridine rings is 1. The van der Waals surface area contributed by atoms with E-state index in [1.165, 1.54) is 6.20 Å². The van der Waals surface area contributed by atoms with Gasteiger partial charge in [-0.3, -0.25) is 14.9 Å². The molecule has 2 aromatic rings. The number of benzene rings is 1. The lowest BCUT2D eigenvalue weighted by Crippen LogP contribution is -2.42. The first-order valence-corrected chi connectivity index (χ1v) is 6.70. The van der Waals surface area contributed by atoms with Crippen molar-refractivity contribution in [1.82, 2.24) is 10.3 Å². The highest BCUT2D eigenvalue weighted by atomic mass is 16.6. The van der Waals surface area contributed by atoms with Gasteiger partial charge in [-0.15, -0.1) is 0 Å². The maximum Gasteiger partial charge on any atom is 0.311 e. The number of piperidine rings is 1. The quantitative estimate of drug-likeness (QED) is 0.662. The molecule has 1 aliphatic heterocycles. The van der Waals surface area contributed by atoms with E-state index in [9.17, 15) is 14.9 Å². The van der Waals surface area contributed by atoms with Gasteiger partial charge in [0.15, 0.2) is 0 Å². The Hall–Kier alpha value is -2.70. The van der Waals surface area contributed by atoms with E-state index in [1.807, 2.05) is 18.2 Å². The van der Waals surface area contributed by atoms with Crippen LogP contribution in [0.2, 0.25) is 0 Å². The molecule has 1 saturated heterocycles. The Morgan fingerprint density at radius 2 is 2.19 bits per heavy atom. The van der Waals surface area contributed by atoms with Crippen molar-refractivity contribution in [2.75, 3.05) is 11.9 Å². The zero-order chi connectivity index (χ0) is 14.8. The van der Waals surface area contributed by atoms with Crippen LogP contribution in [0.25, 0.3) is 10.9 Å². The lowest BCUT2D eigenvalue weighted by Gasteiger charge is -2.24. The minimum absolute atomic E-state index is 0.0159. The molecule has 0 radical (unpaired) electrons. The van der Waals surface area contributed by atoms with Gasteiger partial charge in [0.2, 0.25) is 5.91 Å². The first kappa shape index (κ1) is 13.3. The molecule has 2 heterocycles. The summed E-state index contributed by atoms with van der Waals surface area (Å²) in [5.41, 5.74) is 1.11. The van der Waals surface area contributed by atoms with E-state index in [2.05, 4.69) is 15.6 Å². The largest absolute Gasteiger partial charge is 0.374 e. The maximum absolute atomic E-state index is 11.2. The summed E-state index contributed by atoms with van der Waals surface area (Å²) >= 11 is 0. The second-order valence-electron chi connectivity index (χ2n) is 4.98. The highest BCUT2D eigenvalue weighted by Crippen LogP contribution is 2.32. The van der Waals surface area contributed by atoms with E-state index in [-0.39, 0.29) is 17.6 Å². The molecule has 1 amide bonds. The molecule has 1 aromatic carbocycles. The Kier molecular flexibility index (Phi) is 3.39. The minimum atomic E-state index is -0.441. The fourth-order valence-electron chi connectivity index (χ4n) is 2.48. The van der Waals surface area contributed by atoms with Gasteiger partial charge in [0.25, 0.3) is 0 Å². The summed E-state index contributed by atoms with van der Waals surface area (Å²) in [5, 5.41) is 17.9. The van der Waals surface area contributed by atoms with Gasteiger partial charge in [-0.2, -0.15) is 0 Å². The summed E-state index contributed by atoms with van der Waals surface area (Å²) in [6.45, 7) is 0.465. The summed E-state index contributed by atoms with van der Waals surface area (Å²) < 4.78 is 0. The van der Waals surface area contributed by atoms with Gasteiger partial charge in [-0.05, 0) is 12.5 Å². The Bertz CT molecular complexity index is 706. The van der Waals surface area contributed by atoms with Crippen molar-refractivity contribution < 1.29 is 9.72 Å². The fourth-order valence-corrected chi connectivity index (χ4v) is 2.48. The van der Waals surface area contributed by atoms with E-state index in [4.69, 9.17) is 0 Å². The number of nitrogens with zero attached hydrogens (tertiary/aromatic N) is 2. The van der Waals surface area contributed by atoms with Gasteiger partial charge < -0.3 is 10.6 Å². The lowest BCUT2D eigenvalue weighted by atomic mass is 10.1. The number of carbonyl (C=O) groups excluding carboxylic acids is 1. The zero-order valence-corrected chi connectivity index (χ0v) is 11.2. The van der Waals surface area contributed by atoms with Crippen molar-refractivity contribution >= 4 is 28.2 Å². The molecular weight excluding hydrogens is 272 g/mol. The van der Waals surface area contributed by atoms with Gasteiger partial charge in [0.1, 0.15) is 11.9 Å². The molecule has 0 bridgehead atoms. The number of nitrogens with one attached hydrogen (secondary N) is 2. The highest BCUT2D eigenvalue weighted by Gasteiger charge is 2.23. The van der Waals surface area contributed by atoms with Crippen LogP contribution in [0.5, 0.6) is 0 Å². The zero-order valence-electron chi connectivity index (χ0n) is 11.2. The van der Waals surface area contributed by atoms with E-state index in [1.54, 1.807) is 6.07 Å². The SMILES string of the molecule is O=C1CCC(Nc2c([N+](=O)[O-])cnc3ccccc23)CN1. The average Bonchev–Trinajstić information content (AvgIpc) is 2.49. The molecule has 7 nitrogen and oxygen atoms in total. The number of hydrogen-bond donors (Lipinski definition) is 2. The van der Waals surface area contributed by atoms with Crippen molar-refractivity contribution in [3.63, 3.8) is 0 Å². The van der Waals surface area contributed by atoms with Gasteiger partial charge in [-0.1, -0.05) is 18.2 Å². The van der Waals surface area contributed by atoms with Gasteiger partial charge in [0.05, 0.1) is 10.4 Å². The molecule has 1 atom stereocenters. The van der Waals surface area contributed by atoms with E-state index < -0.39 is 4.92 Å². The van der Waals surface area contributed by atoms with Crippen LogP contribution in [0, 0.1) is 10.1 Å². The second kappa shape index (κ2) is 5.35. The highest BCUT2D eigenvalue weighted by molar-refractivity contribution is 5.95. The summed E-state index contributed by atoms with van der Waals surface area (Å²) in [5.74, 6) is 0.0159. The van der Waals surface area contributed by atoms with E-state index in [0.29, 0.717) is 36.0 Å². The van der Waals surface area contributed by atoms with Crippen LogP contribution in [0.4, 0.5) is 11.4 Å². The molecule has 1 aliphatic rings. The summed E-state index contributed by atoms with van der Waals surface area (Å²) in [6.07, 6.45) is 2.35. The van der Waals surface area contributed by atoms with Crippen molar-refractivity contribution in [3.05, 3.63) is 40.6 Å². The minimum Gasteiger partial charge on any atom is -0.374 e. The smallest absolute Gasteiger partial charge is 0.311 e. The van der Waals surface area contributed by atoms with Gasteiger partial charge >= 0.3 is 5.69 Å². The summed E-state index contributed by atoms with van der Waals surface area (Å²) in [7, 11) is 0. The number of aromatic nitrogens is 1. The van der Waals surface area contributed by atoms with Crippen molar-refractivity contribution in [2.45, 2.75) is 18.9 Å². The maximum atomic E-state index is 11.2. The third-order valence-corrected chi connectivity index (χ3v) is 3.57. The summed E-state index contributed by atoms with van der Waals surface area (Å²) in [6, 6.07) is 7.26. The molecule has 0 spiro atoms. The molecule has 1 fully saturated rings. The Balaban J connectivity index is 2.00. The summed E-state index contributed by atoms with van der Waals surface area (Å²) in [4.78, 5) is 26.1. The first-order chi connectivity index (χ1) is 10.1. The third kappa shape index (κ3) is 2.62. The molecule has 2 N–H and O–H groups in total. The predicted molar refractivity (Wildman–Crippen MR) is 78.1 cm³/mol. The fraction of sp³-hybridized carbons (Fsp3) is 0.286. The Labute approximate surface area is 120 Å². The number of hydrogen-bond acceptors (Lipinski definition) is 5. The number of fused-ring (bicyclic) bond motifs is 1. The van der Waals surface area contributed by atoms with Crippen LogP contribution in [0.15, 0.2) is 30.5 Å².